The predicted molar refractivity (Wildman–Crippen MR) is 98.8 cm³/mol. The SMILES string of the molecule is CCC(=O)Nc1cccc(OCC(=O)N2CCCCC(N(C)C)C2)c1. The molecule has 2 amide bonds. The number of likely N-dealkylation sites (N-methyl/N-ethyl adjacent to an activating group) is 1. The first-order valence-electron chi connectivity index (χ1n) is 8.96. The van der Waals surface area contributed by atoms with Gasteiger partial charge in [0.1, 0.15) is 5.75 Å². The number of amides is 2. The summed E-state index contributed by atoms with van der Waals surface area (Å²) in [5.41, 5.74) is 0.680. The van der Waals surface area contributed by atoms with E-state index in [2.05, 4.69) is 24.3 Å². The van der Waals surface area contributed by atoms with Gasteiger partial charge in [0.05, 0.1) is 0 Å². The number of nitrogens with zero attached hydrogens (tertiary/aromatic N) is 2. The maximum atomic E-state index is 12.5. The minimum atomic E-state index is -0.0486. The second-order valence-electron chi connectivity index (χ2n) is 6.67. The van der Waals surface area contributed by atoms with E-state index in [-0.39, 0.29) is 18.4 Å². The van der Waals surface area contributed by atoms with Crippen LogP contribution in [0.5, 0.6) is 5.75 Å². The van der Waals surface area contributed by atoms with E-state index in [1.807, 2.05) is 4.90 Å². The number of benzene rings is 1. The first kappa shape index (κ1) is 19.2. The van der Waals surface area contributed by atoms with Crippen molar-refractivity contribution in [2.45, 2.75) is 38.6 Å². The van der Waals surface area contributed by atoms with E-state index in [0.717, 1.165) is 32.4 Å². The fourth-order valence-corrected chi connectivity index (χ4v) is 2.92. The molecular weight excluding hydrogens is 318 g/mol. The molecule has 1 aromatic carbocycles. The summed E-state index contributed by atoms with van der Waals surface area (Å²) >= 11 is 0. The van der Waals surface area contributed by atoms with Crippen LogP contribution in [0.1, 0.15) is 32.6 Å². The van der Waals surface area contributed by atoms with Crippen LogP contribution < -0.4 is 10.1 Å². The van der Waals surface area contributed by atoms with Crippen molar-refractivity contribution in [3.63, 3.8) is 0 Å². The van der Waals surface area contributed by atoms with E-state index in [4.69, 9.17) is 4.74 Å². The summed E-state index contributed by atoms with van der Waals surface area (Å²) in [4.78, 5) is 28.1. The van der Waals surface area contributed by atoms with Crippen LogP contribution in [0.3, 0.4) is 0 Å². The molecule has 1 atom stereocenters. The van der Waals surface area contributed by atoms with Gasteiger partial charge in [0.2, 0.25) is 5.91 Å². The number of hydrogen-bond acceptors (Lipinski definition) is 4. The standard InChI is InChI=1S/C19H29N3O3/c1-4-18(23)20-15-8-7-10-17(12-15)25-14-19(24)22-11-6-5-9-16(13-22)21(2)3/h7-8,10,12,16H,4-6,9,11,13-14H2,1-3H3,(H,20,23). The molecule has 1 aromatic rings. The Labute approximate surface area is 150 Å². The molecule has 1 heterocycles. The second kappa shape index (κ2) is 9.42. The summed E-state index contributed by atoms with van der Waals surface area (Å²) < 4.78 is 5.66. The van der Waals surface area contributed by atoms with Crippen molar-refractivity contribution < 1.29 is 14.3 Å². The lowest BCUT2D eigenvalue weighted by molar-refractivity contribution is -0.133. The van der Waals surface area contributed by atoms with E-state index in [1.54, 1.807) is 31.2 Å². The Kier molecular flexibility index (Phi) is 7.25. The highest BCUT2D eigenvalue weighted by Crippen LogP contribution is 2.18. The Morgan fingerprint density at radius 1 is 1.32 bits per heavy atom. The number of carbonyl (C=O) groups is 2. The Hall–Kier alpha value is -2.08. The molecule has 138 valence electrons. The average molecular weight is 347 g/mol. The van der Waals surface area contributed by atoms with Gasteiger partial charge in [0.15, 0.2) is 6.61 Å². The Morgan fingerprint density at radius 2 is 2.12 bits per heavy atom. The number of ether oxygens (including phenoxy) is 1. The summed E-state index contributed by atoms with van der Waals surface area (Å²) in [5, 5.41) is 2.79. The lowest BCUT2D eigenvalue weighted by Crippen LogP contribution is -2.43. The summed E-state index contributed by atoms with van der Waals surface area (Å²) in [6.45, 7) is 3.36. The molecule has 2 rings (SSSR count). The smallest absolute Gasteiger partial charge is 0.260 e. The quantitative estimate of drug-likeness (QED) is 0.858. The van der Waals surface area contributed by atoms with Crippen LogP contribution in [-0.2, 0) is 9.59 Å². The maximum Gasteiger partial charge on any atom is 0.260 e. The molecule has 6 nitrogen and oxygen atoms in total. The topological polar surface area (TPSA) is 61.9 Å². The zero-order chi connectivity index (χ0) is 18.2. The average Bonchev–Trinajstić information content (AvgIpc) is 2.86. The molecule has 0 aromatic heterocycles. The summed E-state index contributed by atoms with van der Waals surface area (Å²) in [6.07, 6.45) is 3.73. The van der Waals surface area contributed by atoms with Gasteiger partial charge in [-0.15, -0.1) is 0 Å². The third kappa shape index (κ3) is 6.05. The molecule has 1 aliphatic heterocycles. The summed E-state index contributed by atoms with van der Waals surface area (Å²) in [7, 11) is 4.12. The number of nitrogens with one attached hydrogen (secondary N) is 1. The normalized spacial score (nSPS) is 17.9. The van der Waals surface area contributed by atoms with Gasteiger partial charge in [0.25, 0.3) is 5.91 Å². The van der Waals surface area contributed by atoms with Crippen LogP contribution in [0.15, 0.2) is 24.3 Å². The van der Waals surface area contributed by atoms with Crippen molar-refractivity contribution in [3.05, 3.63) is 24.3 Å². The highest BCUT2D eigenvalue weighted by atomic mass is 16.5. The van der Waals surface area contributed by atoms with Gasteiger partial charge in [0, 0.05) is 37.3 Å². The van der Waals surface area contributed by atoms with Crippen molar-refractivity contribution >= 4 is 17.5 Å². The first-order valence-corrected chi connectivity index (χ1v) is 8.96. The summed E-state index contributed by atoms with van der Waals surface area (Å²) in [6, 6.07) is 7.54. The van der Waals surface area contributed by atoms with Gasteiger partial charge in [-0.3, -0.25) is 9.59 Å². The molecule has 0 aliphatic carbocycles. The molecule has 0 spiro atoms. The predicted octanol–water partition coefficient (Wildman–Crippen LogP) is 2.36. The number of likely N-dealkylation sites (tertiary alicyclic amines) is 1. The third-order valence-electron chi connectivity index (χ3n) is 4.53. The van der Waals surface area contributed by atoms with Gasteiger partial charge >= 0.3 is 0 Å². The van der Waals surface area contributed by atoms with E-state index in [0.29, 0.717) is 23.9 Å². The van der Waals surface area contributed by atoms with E-state index < -0.39 is 0 Å². The van der Waals surface area contributed by atoms with Crippen LogP contribution in [0.4, 0.5) is 5.69 Å². The maximum absolute atomic E-state index is 12.5. The fraction of sp³-hybridized carbons (Fsp3) is 0.579. The van der Waals surface area contributed by atoms with E-state index in [1.165, 1.54) is 0 Å². The largest absolute Gasteiger partial charge is 0.484 e. The molecule has 1 fully saturated rings. The van der Waals surface area contributed by atoms with Gasteiger partial charge < -0.3 is 19.9 Å². The monoisotopic (exact) mass is 347 g/mol. The molecule has 1 saturated heterocycles. The fourth-order valence-electron chi connectivity index (χ4n) is 2.92. The van der Waals surface area contributed by atoms with Crippen molar-refractivity contribution in [2.75, 3.05) is 39.1 Å². The number of carbonyl (C=O) groups excluding carboxylic acids is 2. The highest BCUT2D eigenvalue weighted by Gasteiger charge is 2.23. The van der Waals surface area contributed by atoms with Crippen LogP contribution in [-0.4, -0.2) is 61.4 Å². The molecule has 0 radical (unpaired) electrons. The first-order chi connectivity index (χ1) is 12.0. The second-order valence-corrected chi connectivity index (χ2v) is 6.67. The zero-order valence-corrected chi connectivity index (χ0v) is 15.5. The number of anilines is 1. The molecule has 0 saturated carbocycles. The third-order valence-corrected chi connectivity index (χ3v) is 4.53. The van der Waals surface area contributed by atoms with E-state index >= 15 is 0 Å². The Balaban J connectivity index is 1.90. The Morgan fingerprint density at radius 3 is 2.84 bits per heavy atom. The number of rotatable bonds is 6. The van der Waals surface area contributed by atoms with Crippen molar-refractivity contribution in [1.82, 2.24) is 9.80 Å². The van der Waals surface area contributed by atoms with Gasteiger partial charge in [-0.2, -0.15) is 0 Å². The lowest BCUT2D eigenvalue weighted by atomic mass is 10.1. The molecule has 1 unspecified atom stereocenters. The summed E-state index contributed by atoms with van der Waals surface area (Å²) in [5.74, 6) is 0.547. The lowest BCUT2D eigenvalue weighted by Gasteiger charge is -2.28. The van der Waals surface area contributed by atoms with Crippen molar-refractivity contribution in [3.8, 4) is 5.75 Å². The molecule has 1 N–H and O–H groups in total. The van der Waals surface area contributed by atoms with Crippen molar-refractivity contribution in [2.24, 2.45) is 0 Å². The highest BCUT2D eigenvalue weighted by molar-refractivity contribution is 5.90. The van der Waals surface area contributed by atoms with E-state index in [9.17, 15) is 9.59 Å². The van der Waals surface area contributed by atoms with Crippen LogP contribution in [0.2, 0.25) is 0 Å². The van der Waals surface area contributed by atoms with Gasteiger partial charge in [-0.25, -0.2) is 0 Å². The molecular formula is C19H29N3O3. The van der Waals surface area contributed by atoms with Crippen LogP contribution >= 0.6 is 0 Å². The molecule has 25 heavy (non-hydrogen) atoms. The Bertz CT molecular complexity index is 589. The number of hydrogen-bond donors (Lipinski definition) is 1. The molecule has 6 heteroatoms. The zero-order valence-electron chi connectivity index (χ0n) is 15.5. The van der Waals surface area contributed by atoms with Gasteiger partial charge in [-0.1, -0.05) is 19.4 Å². The van der Waals surface area contributed by atoms with Crippen molar-refractivity contribution in [1.29, 1.82) is 0 Å². The van der Waals surface area contributed by atoms with Crippen LogP contribution in [0.25, 0.3) is 0 Å². The van der Waals surface area contributed by atoms with Crippen LogP contribution in [0, 0.1) is 0 Å². The van der Waals surface area contributed by atoms with Gasteiger partial charge in [-0.05, 0) is 39.1 Å². The minimum Gasteiger partial charge on any atom is -0.484 e. The minimum absolute atomic E-state index is 0.0109. The molecule has 0 bridgehead atoms. The molecule has 1 aliphatic rings.